The Kier molecular flexibility index (Phi) is 3.76. The van der Waals surface area contributed by atoms with Gasteiger partial charge >= 0.3 is 0 Å². The van der Waals surface area contributed by atoms with E-state index in [-0.39, 0.29) is 6.04 Å². The summed E-state index contributed by atoms with van der Waals surface area (Å²) in [6.07, 6.45) is 5.28. The summed E-state index contributed by atoms with van der Waals surface area (Å²) in [6, 6.07) is 3.95. The third kappa shape index (κ3) is 2.33. The van der Waals surface area contributed by atoms with E-state index in [1.807, 2.05) is 37.0 Å². The lowest BCUT2D eigenvalue weighted by Crippen LogP contribution is -2.21. The summed E-state index contributed by atoms with van der Waals surface area (Å²) >= 11 is 6.20. The van der Waals surface area contributed by atoms with Crippen molar-refractivity contribution in [1.29, 1.82) is 0 Å². The summed E-state index contributed by atoms with van der Waals surface area (Å²) < 4.78 is 1.90. The molecule has 1 N–H and O–H groups in total. The molecule has 2 rings (SSSR count). The summed E-state index contributed by atoms with van der Waals surface area (Å²) in [7, 11) is 1.90. The molecule has 1 atom stereocenters. The molecular formula is C12H15ClN4. The van der Waals surface area contributed by atoms with Gasteiger partial charge in [0.1, 0.15) is 0 Å². The van der Waals surface area contributed by atoms with E-state index in [0.717, 1.165) is 17.8 Å². The van der Waals surface area contributed by atoms with Crippen molar-refractivity contribution < 1.29 is 0 Å². The lowest BCUT2D eigenvalue weighted by Gasteiger charge is -2.18. The maximum absolute atomic E-state index is 6.20. The van der Waals surface area contributed by atoms with Gasteiger partial charge in [0, 0.05) is 18.9 Å². The smallest absolute Gasteiger partial charge is 0.0837 e. The van der Waals surface area contributed by atoms with Crippen molar-refractivity contribution in [2.24, 2.45) is 0 Å². The SMILES string of the molecule is CCn1ncc(Cl)c1C(NC)c1cccnc1. The number of hydrogen-bond donors (Lipinski definition) is 1. The number of aryl methyl sites for hydroxylation is 1. The molecule has 0 spiro atoms. The van der Waals surface area contributed by atoms with Crippen LogP contribution in [0.15, 0.2) is 30.7 Å². The normalized spacial score (nSPS) is 12.6. The summed E-state index contributed by atoms with van der Waals surface area (Å²) in [5, 5.41) is 8.18. The maximum Gasteiger partial charge on any atom is 0.0837 e. The van der Waals surface area contributed by atoms with E-state index in [0.29, 0.717) is 5.02 Å². The zero-order valence-corrected chi connectivity index (χ0v) is 10.6. The fourth-order valence-electron chi connectivity index (χ4n) is 1.92. The fourth-order valence-corrected chi connectivity index (χ4v) is 2.17. The molecule has 4 nitrogen and oxygen atoms in total. The quantitative estimate of drug-likeness (QED) is 0.905. The second-order valence-electron chi connectivity index (χ2n) is 3.70. The van der Waals surface area contributed by atoms with Crippen LogP contribution in [0.5, 0.6) is 0 Å². The van der Waals surface area contributed by atoms with E-state index in [2.05, 4.69) is 15.4 Å². The molecular weight excluding hydrogens is 236 g/mol. The zero-order chi connectivity index (χ0) is 12.3. The first-order valence-electron chi connectivity index (χ1n) is 5.56. The number of aromatic nitrogens is 3. The van der Waals surface area contributed by atoms with Crippen LogP contribution >= 0.6 is 11.6 Å². The van der Waals surface area contributed by atoms with Crippen LogP contribution in [0.1, 0.15) is 24.2 Å². The molecule has 0 fully saturated rings. The highest BCUT2D eigenvalue weighted by Gasteiger charge is 2.20. The fraction of sp³-hybridized carbons (Fsp3) is 0.333. The van der Waals surface area contributed by atoms with E-state index < -0.39 is 0 Å². The number of nitrogens with one attached hydrogen (secondary N) is 1. The van der Waals surface area contributed by atoms with E-state index >= 15 is 0 Å². The minimum atomic E-state index is 0.0126. The second kappa shape index (κ2) is 5.29. The summed E-state index contributed by atoms with van der Waals surface area (Å²) in [5.74, 6) is 0. The van der Waals surface area contributed by atoms with Gasteiger partial charge in [-0.15, -0.1) is 0 Å². The Morgan fingerprint density at radius 3 is 2.88 bits per heavy atom. The number of rotatable bonds is 4. The topological polar surface area (TPSA) is 42.7 Å². The van der Waals surface area contributed by atoms with E-state index in [4.69, 9.17) is 11.6 Å². The van der Waals surface area contributed by atoms with Crippen LogP contribution < -0.4 is 5.32 Å². The van der Waals surface area contributed by atoms with E-state index in [1.165, 1.54) is 0 Å². The van der Waals surface area contributed by atoms with Crippen LogP contribution in [0, 0.1) is 0 Å². The van der Waals surface area contributed by atoms with Crippen LogP contribution in [-0.4, -0.2) is 21.8 Å². The van der Waals surface area contributed by atoms with Crippen molar-refractivity contribution in [1.82, 2.24) is 20.1 Å². The van der Waals surface area contributed by atoms with Crippen molar-refractivity contribution in [3.8, 4) is 0 Å². The van der Waals surface area contributed by atoms with Gasteiger partial charge in [0.2, 0.25) is 0 Å². The summed E-state index contributed by atoms with van der Waals surface area (Å²) in [4.78, 5) is 4.14. The molecule has 0 saturated carbocycles. The first kappa shape index (κ1) is 12.1. The molecule has 5 heteroatoms. The van der Waals surface area contributed by atoms with Gasteiger partial charge in [-0.2, -0.15) is 5.10 Å². The molecule has 0 amide bonds. The number of hydrogen-bond acceptors (Lipinski definition) is 3. The average Bonchev–Trinajstić information content (AvgIpc) is 2.74. The van der Waals surface area contributed by atoms with Crippen LogP contribution in [0.3, 0.4) is 0 Å². The molecule has 90 valence electrons. The third-order valence-corrected chi connectivity index (χ3v) is 3.00. The van der Waals surface area contributed by atoms with Crippen LogP contribution in [0.25, 0.3) is 0 Å². The minimum Gasteiger partial charge on any atom is -0.308 e. The van der Waals surface area contributed by atoms with E-state index in [1.54, 1.807) is 12.4 Å². The van der Waals surface area contributed by atoms with Crippen LogP contribution in [-0.2, 0) is 6.54 Å². The third-order valence-electron chi connectivity index (χ3n) is 2.71. The molecule has 0 saturated heterocycles. The van der Waals surface area contributed by atoms with Crippen molar-refractivity contribution in [3.05, 3.63) is 47.0 Å². The highest BCUT2D eigenvalue weighted by atomic mass is 35.5. The first-order chi connectivity index (χ1) is 8.27. The summed E-state index contributed by atoms with van der Waals surface area (Å²) in [6.45, 7) is 2.84. The summed E-state index contributed by atoms with van der Waals surface area (Å²) in [5.41, 5.74) is 2.05. The van der Waals surface area contributed by atoms with Crippen molar-refractivity contribution in [2.75, 3.05) is 7.05 Å². The highest BCUT2D eigenvalue weighted by Crippen LogP contribution is 2.27. The Morgan fingerprint density at radius 2 is 2.29 bits per heavy atom. The lowest BCUT2D eigenvalue weighted by molar-refractivity contribution is 0.562. The molecule has 0 aliphatic rings. The van der Waals surface area contributed by atoms with E-state index in [9.17, 15) is 0 Å². The number of nitrogens with zero attached hydrogens (tertiary/aromatic N) is 3. The largest absolute Gasteiger partial charge is 0.308 e. The Balaban J connectivity index is 2.45. The number of pyridine rings is 1. The number of halogens is 1. The Morgan fingerprint density at radius 1 is 1.47 bits per heavy atom. The highest BCUT2D eigenvalue weighted by molar-refractivity contribution is 6.31. The first-order valence-corrected chi connectivity index (χ1v) is 5.94. The Hall–Kier alpha value is -1.39. The zero-order valence-electron chi connectivity index (χ0n) is 9.89. The van der Waals surface area contributed by atoms with Crippen LogP contribution in [0.4, 0.5) is 0 Å². The van der Waals surface area contributed by atoms with Crippen molar-refractivity contribution >= 4 is 11.6 Å². The van der Waals surface area contributed by atoms with Gasteiger partial charge in [-0.05, 0) is 25.6 Å². The molecule has 1 unspecified atom stereocenters. The molecule has 0 aliphatic heterocycles. The van der Waals surface area contributed by atoms with Gasteiger partial charge in [-0.25, -0.2) is 0 Å². The van der Waals surface area contributed by atoms with Crippen molar-refractivity contribution in [3.63, 3.8) is 0 Å². The maximum atomic E-state index is 6.20. The van der Waals surface area contributed by atoms with Gasteiger partial charge in [0.15, 0.2) is 0 Å². The molecule has 2 heterocycles. The Labute approximate surface area is 106 Å². The molecule has 0 aliphatic carbocycles. The van der Waals surface area contributed by atoms with Gasteiger partial charge < -0.3 is 5.32 Å². The van der Waals surface area contributed by atoms with Gasteiger partial charge in [0.25, 0.3) is 0 Å². The van der Waals surface area contributed by atoms with Gasteiger partial charge in [-0.3, -0.25) is 9.67 Å². The molecule has 0 aromatic carbocycles. The molecule has 2 aromatic rings. The second-order valence-corrected chi connectivity index (χ2v) is 4.11. The molecule has 17 heavy (non-hydrogen) atoms. The van der Waals surface area contributed by atoms with Gasteiger partial charge in [0.05, 0.1) is 23.0 Å². The minimum absolute atomic E-state index is 0.0126. The van der Waals surface area contributed by atoms with Crippen LogP contribution in [0.2, 0.25) is 5.02 Å². The Bertz CT molecular complexity index is 481. The lowest BCUT2D eigenvalue weighted by atomic mass is 10.1. The van der Waals surface area contributed by atoms with Gasteiger partial charge in [-0.1, -0.05) is 17.7 Å². The van der Waals surface area contributed by atoms with Crippen molar-refractivity contribution in [2.45, 2.75) is 19.5 Å². The predicted octanol–water partition coefficient (Wildman–Crippen LogP) is 2.26. The predicted molar refractivity (Wildman–Crippen MR) is 68.1 cm³/mol. The average molecular weight is 251 g/mol. The monoisotopic (exact) mass is 250 g/mol. The standard InChI is InChI=1S/C12H15ClN4/c1-3-17-12(10(13)8-16-17)11(14-2)9-5-4-6-15-7-9/h4-8,11,14H,3H2,1-2H3. The molecule has 0 bridgehead atoms. The molecule has 0 radical (unpaired) electrons. The molecule has 2 aromatic heterocycles.